The Kier molecular flexibility index (Phi) is 6.11. The number of nitrogens with one attached hydrogen (secondary N) is 1. The van der Waals surface area contributed by atoms with Gasteiger partial charge in [-0.05, 0) is 62.4 Å². The summed E-state index contributed by atoms with van der Waals surface area (Å²) < 4.78 is 5.10. The first-order valence-corrected chi connectivity index (χ1v) is 7.19. The van der Waals surface area contributed by atoms with E-state index in [1.807, 2.05) is 40.7 Å². The Morgan fingerprint density at radius 1 is 1.00 bits per heavy atom. The van der Waals surface area contributed by atoms with Crippen LogP contribution in [0.3, 0.4) is 0 Å². The van der Waals surface area contributed by atoms with Crippen LogP contribution in [0.25, 0.3) is 0 Å². The lowest BCUT2D eigenvalue weighted by Crippen LogP contribution is -2.29. The Hall–Kier alpha value is -2.35. The molecule has 0 bridgehead atoms. The maximum Gasteiger partial charge on any atom is 0.339 e. The van der Waals surface area contributed by atoms with Crippen molar-refractivity contribution < 1.29 is 14.3 Å². The molecular formula is C17H22N2O3. The lowest BCUT2D eigenvalue weighted by atomic mass is 9.90. The lowest BCUT2D eigenvalue weighted by molar-refractivity contribution is -0.124. The number of ether oxygens (including phenoxy) is 1. The van der Waals surface area contributed by atoms with Crippen molar-refractivity contribution in [2.45, 2.75) is 41.0 Å². The molecule has 0 aliphatic rings. The topological polar surface area (TPSA) is 79.2 Å². The minimum atomic E-state index is -0.489. The number of benzene rings is 1. The van der Waals surface area contributed by atoms with Gasteiger partial charge in [-0.2, -0.15) is 5.26 Å². The summed E-state index contributed by atoms with van der Waals surface area (Å²) in [6.45, 7) is 9.67. The molecule has 0 aliphatic heterocycles. The smallest absolute Gasteiger partial charge is 0.339 e. The molecule has 0 aromatic heterocycles. The molecule has 0 unspecified atom stereocenters. The zero-order valence-electron chi connectivity index (χ0n) is 13.8. The van der Waals surface area contributed by atoms with Gasteiger partial charge in [0.1, 0.15) is 0 Å². The maximum absolute atomic E-state index is 12.3. The van der Waals surface area contributed by atoms with Gasteiger partial charge in [0.15, 0.2) is 6.61 Å². The number of hydrogen-bond acceptors (Lipinski definition) is 4. The molecule has 0 aliphatic carbocycles. The quantitative estimate of drug-likeness (QED) is 0.669. The average molecular weight is 302 g/mol. The third-order valence-electron chi connectivity index (χ3n) is 4.10. The Morgan fingerprint density at radius 3 is 2.00 bits per heavy atom. The predicted octanol–water partition coefficient (Wildman–Crippen LogP) is 2.42. The van der Waals surface area contributed by atoms with Gasteiger partial charge in [0.25, 0.3) is 5.91 Å². The summed E-state index contributed by atoms with van der Waals surface area (Å²) >= 11 is 0. The molecule has 1 aromatic rings. The Morgan fingerprint density at radius 2 is 1.50 bits per heavy atom. The number of hydrogen-bond donors (Lipinski definition) is 1. The molecule has 1 amide bonds. The van der Waals surface area contributed by atoms with Crippen LogP contribution in [-0.2, 0) is 9.53 Å². The van der Waals surface area contributed by atoms with Gasteiger partial charge in [-0.3, -0.25) is 4.79 Å². The van der Waals surface area contributed by atoms with E-state index in [1.165, 1.54) is 5.56 Å². The molecule has 5 nitrogen and oxygen atoms in total. The molecule has 0 radical (unpaired) electrons. The lowest BCUT2D eigenvalue weighted by Gasteiger charge is -2.17. The van der Waals surface area contributed by atoms with Crippen LogP contribution in [0.15, 0.2) is 0 Å². The largest absolute Gasteiger partial charge is 0.452 e. The van der Waals surface area contributed by atoms with E-state index < -0.39 is 11.9 Å². The van der Waals surface area contributed by atoms with Gasteiger partial charge in [0, 0.05) is 6.54 Å². The molecule has 0 heterocycles. The van der Waals surface area contributed by atoms with Gasteiger partial charge >= 0.3 is 5.97 Å². The van der Waals surface area contributed by atoms with E-state index >= 15 is 0 Å². The number of carbonyl (C=O) groups is 2. The third kappa shape index (κ3) is 3.85. The molecule has 1 aromatic carbocycles. The fourth-order valence-electron chi connectivity index (χ4n) is 2.32. The van der Waals surface area contributed by atoms with E-state index in [-0.39, 0.29) is 19.6 Å². The zero-order valence-corrected chi connectivity index (χ0v) is 13.8. The Balaban J connectivity index is 2.83. The van der Waals surface area contributed by atoms with Gasteiger partial charge in [0.2, 0.25) is 0 Å². The van der Waals surface area contributed by atoms with E-state index in [4.69, 9.17) is 10.00 Å². The number of amides is 1. The summed E-state index contributed by atoms with van der Waals surface area (Å²) in [5.74, 6) is -0.893. The maximum atomic E-state index is 12.3. The number of esters is 1. The van der Waals surface area contributed by atoms with Crippen molar-refractivity contribution in [3.05, 3.63) is 33.4 Å². The normalized spacial score (nSPS) is 10.0. The van der Waals surface area contributed by atoms with Crippen LogP contribution >= 0.6 is 0 Å². The number of carbonyl (C=O) groups excluding carboxylic acids is 2. The first-order chi connectivity index (χ1) is 10.3. The molecule has 0 spiro atoms. The van der Waals surface area contributed by atoms with Crippen LogP contribution in [0, 0.1) is 45.9 Å². The highest BCUT2D eigenvalue weighted by atomic mass is 16.5. The molecule has 1 rings (SSSR count). The number of nitrogens with zero attached hydrogens (tertiary/aromatic N) is 1. The van der Waals surface area contributed by atoms with Crippen LogP contribution in [0.4, 0.5) is 0 Å². The summed E-state index contributed by atoms with van der Waals surface area (Å²) in [7, 11) is 0. The van der Waals surface area contributed by atoms with Gasteiger partial charge in [-0.25, -0.2) is 4.79 Å². The monoisotopic (exact) mass is 302 g/mol. The number of nitriles is 1. The van der Waals surface area contributed by atoms with Gasteiger partial charge in [0.05, 0.1) is 18.1 Å². The van der Waals surface area contributed by atoms with Gasteiger partial charge in [-0.15, -0.1) is 0 Å². The summed E-state index contributed by atoms with van der Waals surface area (Å²) in [5.41, 5.74) is 5.60. The minimum absolute atomic E-state index is 0.230. The van der Waals surface area contributed by atoms with Crippen LogP contribution in [0.1, 0.15) is 44.6 Å². The van der Waals surface area contributed by atoms with E-state index in [1.54, 1.807) is 0 Å². The molecule has 5 heteroatoms. The van der Waals surface area contributed by atoms with Crippen molar-refractivity contribution in [3.8, 4) is 6.07 Å². The predicted molar refractivity (Wildman–Crippen MR) is 83.6 cm³/mol. The van der Waals surface area contributed by atoms with Crippen LogP contribution in [0.5, 0.6) is 0 Å². The van der Waals surface area contributed by atoms with E-state index in [0.29, 0.717) is 5.56 Å². The van der Waals surface area contributed by atoms with E-state index in [0.717, 1.165) is 22.3 Å². The molecule has 0 saturated carbocycles. The molecule has 0 saturated heterocycles. The molecule has 22 heavy (non-hydrogen) atoms. The second-order valence-corrected chi connectivity index (χ2v) is 5.33. The second kappa shape index (κ2) is 7.60. The van der Waals surface area contributed by atoms with Crippen molar-refractivity contribution in [2.24, 2.45) is 0 Å². The van der Waals surface area contributed by atoms with Crippen molar-refractivity contribution in [2.75, 3.05) is 13.2 Å². The van der Waals surface area contributed by atoms with Gasteiger partial charge < -0.3 is 10.1 Å². The summed E-state index contributed by atoms with van der Waals surface area (Å²) in [6.07, 6.45) is 0.230. The molecule has 118 valence electrons. The molecule has 0 fully saturated rings. The Labute approximate surface area is 131 Å². The highest BCUT2D eigenvalue weighted by molar-refractivity contribution is 5.95. The highest BCUT2D eigenvalue weighted by Gasteiger charge is 2.20. The summed E-state index contributed by atoms with van der Waals surface area (Å²) in [4.78, 5) is 23.8. The van der Waals surface area contributed by atoms with Crippen molar-refractivity contribution in [3.63, 3.8) is 0 Å². The minimum Gasteiger partial charge on any atom is -0.452 e. The first kappa shape index (κ1) is 17.7. The zero-order chi connectivity index (χ0) is 16.9. The van der Waals surface area contributed by atoms with Crippen LogP contribution in [0.2, 0.25) is 0 Å². The standard InChI is InChI=1S/C17H22N2O3/c1-10-11(2)13(4)16(14(5)12(10)3)17(21)22-9-15(20)19-8-6-7-18/h6,8-9H2,1-5H3,(H,19,20). The van der Waals surface area contributed by atoms with Crippen molar-refractivity contribution in [1.82, 2.24) is 5.32 Å². The van der Waals surface area contributed by atoms with Crippen molar-refractivity contribution >= 4 is 11.9 Å². The van der Waals surface area contributed by atoms with Crippen LogP contribution in [-0.4, -0.2) is 25.0 Å². The third-order valence-corrected chi connectivity index (χ3v) is 4.10. The average Bonchev–Trinajstić information content (AvgIpc) is 2.49. The molecule has 1 N–H and O–H groups in total. The number of rotatable bonds is 5. The van der Waals surface area contributed by atoms with Gasteiger partial charge in [-0.1, -0.05) is 0 Å². The SMILES string of the molecule is Cc1c(C)c(C)c(C(=O)OCC(=O)NCCC#N)c(C)c1C. The van der Waals surface area contributed by atoms with E-state index in [9.17, 15) is 9.59 Å². The summed E-state index contributed by atoms with van der Waals surface area (Å²) in [5, 5.41) is 10.9. The molecular weight excluding hydrogens is 280 g/mol. The Bertz CT molecular complexity index is 613. The van der Waals surface area contributed by atoms with Crippen molar-refractivity contribution in [1.29, 1.82) is 5.26 Å². The fourth-order valence-corrected chi connectivity index (χ4v) is 2.32. The van der Waals surface area contributed by atoms with Crippen LogP contribution < -0.4 is 5.32 Å². The highest BCUT2D eigenvalue weighted by Crippen LogP contribution is 2.26. The van der Waals surface area contributed by atoms with E-state index in [2.05, 4.69) is 5.32 Å². The fraction of sp³-hybridized carbons (Fsp3) is 0.471. The second-order valence-electron chi connectivity index (χ2n) is 5.33. The molecule has 0 atom stereocenters. The summed E-state index contributed by atoms with van der Waals surface area (Å²) in [6, 6.07) is 1.92. The first-order valence-electron chi connectivity index (χ1n) is 7.19.